The summed E-state index contributed by atoms with van der Waals surface area (Å²) in [4.78, 5) is 11.8. The van der Waals surface area contributed by atoms with Crippen LogP contribution in [-0.4, -0.2) is 29.0 Å². The minimum Gasteiger partial charge on any atom is -0.303 e. The zero-order valence-electron chi connectivity index (χ0n) is 16.4. The Balaban J connectivity index is 2.12. The topological polar surface area (TPSA) is 119 Å². The fourth-order valence-electron chi connectivity index (χ4n) is 3.56. The van der Waals surface area contributed by atoms with Gasteiger partial charge in [0.25, 0.3) is 10.1 Å². The Kier molecular flexibility index (Phi) is 7.01. The molecule has 1 fully saturated rings. The predicted molar refractivity (Wildman–Crippen MR) is 112 cm³/mol. The van der Waals surface area contributed by atoms with E-state index in [9.17, 15) is 21.6 Å². The average Bonchev–Trinajstić information content (AvgIpc) is 2.68. The number of hydrogen-bond acceptors (Lipinski definition) is 6. The number of carbonyl (C=O) groups excluding carboxylic acids is 1. The molecule has 2 aromatic rings. The third-order valence-electron chi connectivity index (χ3n) is 4.94. The van der Waals surface area contributed by atoms with Crippen LogP contribution in [0.25, 0.3) is 11.1 Å². The van der Waals surface area contributed by atoms with Gasteiger partial charge in [0.05, 0.1) is 11.8 Å². The van der Waals surface area contributed by atoms with Gasteiger partial charge in [-0.3, -0.25) is 4.18 Å². The van der Waals surface area contributed by atoms with Crippen molar-refractivity contribution in [1.82, 2.24) is 0 Å². The second-order valence-corrected chi connectivity index (χ2v) is 9.20. The van der Waals surface area contributed by atoms with E-state index in [1.807, 2.05) is 19.1 Å². The molecular formula is C20H22N2O6S2. The highest BCUT2D eigenvalue weighted by atomic mass is 32.2. The second-order valence-electron chi connectivity index (χ2n) is 7.04. The maximum absolute atomic E-state index is 13.1. The summed E-state index contributed by atoms with van der Waals surface area (Å²) in [6, 6.07) is 10.6. The number of aryl methyl sites for hydroxylation is 1. The van der Waals surface area contributed by atoms with Crippen LogP contribution in [0.1, 0.15) is 37.7 Å². The van der Waals surface area contributed by atoms with Gasteiger partial charge in [-0.25, -0.2) is 4.79 Å². The first-order valence-electron chi connectivity index (χ1n) is 9.52. The molecule has 1 aliphatic rings. The van der Waals surface area contributed by atoms with Crippen LogP contribution >= 0.6 is 0 Å². The van der Waals surface area contributed by atoms with Crippen LogP contribution in [0.5, 0.6) is 0 Å². The monoisotopic (exact) mass is 450 g/mol. The van der Waals surface area contributed by atoms with E-state index < -0.39 is 32.8 Å². The largest absolute Gasteiger partial charge is 0.360 e. The highest BCUT2D eigenvalue weighted by Crippen LogP contribution is 2.37. The first-order chi connectivity index (χ1) is 14.3. The number of rotatable bonds is 5. The van der Waals surface area contributed by atoms with Gasteiger partial charge in [-0.1, -0.05) is 60.0 Å². The SMILES string of the molecule is Cc1ccccc1-c1cccc(S(=O)(=O)OC2CCCCC2)c1NC(=O)N=S(=O)=O. The summed E-state index contributed by atoms with van der Waals surface area (Å²) < 4.78 is 56.1. The Hall–Kier alpha value is -2.56. The Labute approximate surface area is 177 Å². The normalized spacial score (nSPS) is 14.8. The van der Waals surface area contributed by atoms with Crippen molar-refractivity contribution < 1.29 is 25.8 Å². The van der Waals surface area contributed by atoms with Crippen LogP contribution in [0.4, 0.5) is 10.5 Å². The minimum atomic E-state index is -4.22. The van der Waals surface area contributed by atoms with Gasteiger partial charge in [0.15, 0.2) is 0 Å². The highest BCUT2D eigenvalue weighted by Gasteiger charge is 2.28. The summed E-state index contributed by atoms with van der Waals surface area (Å²) in [5, 5.41) is 2.32. The lowest BCUT2D eigenvalue weighted by Crippen LogP contribution is -2.22. The molecule has 0 radical (unpaired) electrons. The molecule has 3 rings (SSSR count). The number of benzene rings is 2. The van der Waals surface area contributed by atoms with Gasteiger partial charge in [-0.05, 0) is 37.0 Å². The molecule has 1 aliphatic carbocycles. The Morgan fingerprint density at radius 2 is 1.70 bits per heavy atom. The van der Waals surface area contributed by atoms with E-state index in [2.05, 4.69) is 9.68 Å². The summed E-state index contributed by atoms with van der Waals surface area (Å²) >= 11 is 0. The van der Waals surface area contributed by atoms with E-state index in [0.717, 1.165) is 24.8 Å². The van der Waals surface area contributed by atoms with Crippen molar-refractivity contribution >= 4 is 32.3 Å². The molecule has 0 saturated heterocycles. The van der Waals surface area contributed by atoms with E-state index in [1.165, 1.54) is 6.07 Å². The predicted octanol–water partition coefficient (Wildman–Crippen LogP) is 4.29. The maximum atomic E-state index is 13.1. The first kappa shape index (κ1) is 22.1. The Morgan fingerprint density at radius 3 is 2.37 bits per heavy atom. The van der Waals surface area contributed by atoms with Crippen LogP contribution < -0.4 is 5.32 Å². The molecule has 0 aliphatic heterocycles. The molecule has 2 amide bonds. The van der Waals surface area contributed by atoms with Crippen molar-refractivity contribution in [3.05, 3.63) is 48.0 Å². The molecule has 1 N–H and O–H groups in total. The quantitative estimate of drug-likeness (QED) is 0.679. The van der Waals surface area contributed by atoms with Crippen LogP contribution in [-0.2, 0) is 24.8 Å². The van der Waals surface area contributed by atoms with E-state index in [1.54, 1.807) is 24.3 Å². The number of carbonyl (C=O) groups is 1. The lowest BCUT2D eigenvalue weighted by atomic mass is 9.98. The summed E-state index contributed by atoms with van der Waals surface area (Å²) in [7, 11) is -7.19. The lowest BCUT2D eigenvalue weighted by Gasteiger charge is -2.23. The molecule has 0 unspecified atom stereocenters. The molecule has 0 atom stereocenters. The van der Waals surface area contributed by atoms with Crippen molar-refractivity contribution in [1.29, 1.82) is 0 Å². The summed E-state index contributed by atoms with van der Waals surface area (Å²) in [6.07, 6.45) is 3.68. The Morgan fingerprint density at radius 1 is 1.03 bits per heavy atom. The van der Waals surface area contributed by atoms with Crippen LogP contribution in [0.3, 0.4) is 0 Å². The maximum Gasteiger partial charge on any atom is 0.360 e. The van der Waals surface area contributed by atoms with Crippen LogP contribution in [0.2, 0.25) is 0 Å². The fourth-order valence-corrected chi connectivity index (χ4v) is 5.05. The molecule has 8 nitrogen and oxygen atoms in total. The van der Waals surface area contributed by atoms with E-state index >= 15 is 0 Å². The number of para-hydroxylation sites is 1. The van der Waals surface area contributed by atoms with Crippen LogP contribution in [0, 0.1) is 6.92 Å². The van der Waals surface area contributed by atoms with Gasteiger partial charge in [0, 0.05) is 5.56 Å². The number of hydrogen-bond donors (Lipinski definition) is 1. The lowest BCUT2D eigenvalue weighted by molar-refractivity contribution is 0.162. The van der Waals surface area contributed by atoms with Crippen molar-refractivity contribution in [2.24, 2.45) is 4.36 Å². The molecule has 0 spiro atoms. The van der Waals surface area contributed by atoms with Crippen molar-refractivity contribution in [2.45, 2.75) is 50.0 Å². The summed E-state index contributed by atoms with van der Waals surface area (Å²) in [5.74, 6) is 0. The summed E-state index contributed by atoms with van der Waals surface area (Å²) in [5.41, 5.74) is 1.88. The first-order valence-corrected chi connectivity index (χ1v) is 12.0. The average molecular weight is 451 g/mol. The molecule has 1 saturated carbocycles. The third kappa shape index (κ3) is 5.32. The van der Waals surface area contributed by atoms with Gasteiger partial charge in [0.2, 0.25) is 0 Å². The molecule has 160 valence electrons. The second kappa shape index (κ2) is 9.50. The van der Waals surface area contributed by atoms with Gasteiger partial charge >= 0.3 is 16.5 Å². The third-order valence-corrected chi connectivity index (χ3v) is 6.65. The highest BCUT2D eigenvalue weighted by molar-refractivity contribution is 7.87. The zero-order chi connectivity index (χ0) is 21.7. The molecule has 0 aromatic heterocycles. The van der Waals surface area contributed by atoms with Crippen molar-refractivity contribution in [3.8, 4) is 11.1 Å². The summed E-state index contributed by atoms with van der Waals surface area (Å²) in [6.45, 7) is 1.84. The van der Waals surface area contributed by atoms with Gasteiger partial charge in [0.1, 0.15) is 4.90 Å². The molecule has 0 bridgehead atoms. The molecule has 0 heterocycles. The molecule has 2 aromatic carbocycles. The molecular weight excluding hydrogens is 428 g/mol. The van der Waals surface area contributed by atoms with E-state index in [4.69, 9.17) is 4.18 Å². The number of urea groups is 1. The minimum absolute atomic E-state index is 0.0678. The van der Waals surface area contributed by atoms with Crippen molar-refractivity contribution in [2.75, 3.05) is 5.32 Å². The van der Waals surface area contributed by atoms with Gasteiger partial charge < -0.3 is 5.32 Å². The van der Waals surface area contributed by atoms with E-state index in [-0.39, 0.29) is 10.6 Å². The number of nitrogens with one attached hydrogen (secondary N) is 1. The fraction of sp³-hybridized carbons (Fsp3) is 0.350. The smallest absolute Gasteiger partial charge is 0.303 e. The zero-order valence-corrected chi connectivity index (χ0v) is 18.0. The standard InChI is InChI=1S/C20H22N2O6S2/c1-14-8-5-6-11-16(14)17-12-7-13-18(19(17)21-20(23)22-29(24)25)30(26,27)28-15-9-3-2-4-10-15/h5-8,11-13,15H,2-4,9-10H2,1H3,(H,21,23). The molecule has 10 heteroatoms. The Bertz CT molecular complexity index is 1180. The number of nitrogens with zero attached hydrogens (tertiary/aromatic N) is 1. The number of amides is 2. The van der Waals surface area contributed by atoms with Crippen LogP contribution in [0.15, 0.2) is 51.7 Å². The van der Waals surface area contributed by atoms with Crippen molar-refractivity contribution in [3.63, 3.8) is 0 Å². The van der Waals surface area contributed by atoms with E-state index in [0.29, 0.717) is 24.0 Å². The molecule has 30 heavy (non-hydrogen) atoms. The van der Waals surface area contributed by atoms with Gasteiger partial charge in [-0.15, -0.1) is 0 Å². The number of anilines is 1. The van der Waals surface area contributed by atoms with Gasteiger partial charge in [-0.2, -0.15) is 16.8 Å².